The van der Waals surface area contributed by atoms with Gasteiger partial charge in [0, 0.05) is 27.3 Å². The molecule has 0 aromatic heterocycles. The quantitative estimate of drug-likeness (QED) is 0.646. The van der Waals surface area contributed by atoms with E-state index in [1.54, 1.807) is 12.0 Å². The van der Waals surface area contributed by atoms with Crippen molar-refractivity contribution in [3.63, 3.8) is 0 Å². The van der Waals surface area contributed by atoms with Crippen LogP contribution in [0.5, 0.6) is 0 Å². The molecule has 0 spiro atoms. The molecule has 1 saturated heterocycles. The Kier molecular flexibility index (Phi) is 4.90. The third-order valence-corrected chi connectivity index (χ3v) is 2.58. The minimum Gasteiger partial charge on any atom is -0.385 e. The molecule has 0 radical (unpaired) electrons. The number of ether oxygens (including phenoxy) is 1. The number of methoxy groups -OCH3 is 1. The normalized spacial score (nSPS) is 21.1. The number of carbonyl (C=O) groups is 1. The van der Waals surface area contributed by atoms with Crippen molar-refractivity contribution in [3.05, 3.63) is 0 Å². The van der Waals surface area contributed by atoms with Gasteiger partial charge in [-0.3, -0.25) is 4.79 Å². The van der Waals surface area contributed by atoms with Crippen LogP contribution in [-0.4, -0.2) is 50.7 Å². The molecule has 0 aromatic carbocycles. The SMILES string of the molecule is COCCCN(C)C(=O)[C@@H]1CCCN1. The molecule has 1 aliphatic rings. The number of rotatable bonds is 5. The lowest BCUT2D eigenvalue weighted by Crippen LogP contribution is -2.42. The highest BCUT2D eigenvalue weighted by Gasteiger charge is 2.24. The van der Waals surface area contributed by atoms with E-state index in [1.807, 2.05) is 7.05 Å². The highest BCUT2D eigenvalue weighted by molar-refractivity contribution is 5.81. The monoisotopic (exact) mass is 200 g/mol. The summed E-state index contributed by atoms with van der Waals surface area (Å²) >= 11 is 0. The first-order chi connectivity index (χ1) is 6.75. The van der Waals surface area contributed by atoms with Crippen molar-refractivity contribution in [2.75, 3.05) is 33.9 Å². The summed E-state index contributed by atoms with van der Waals surface area (Å²) in [4.78, 5) is 13.6. The molecular formula is C10H20N2O2. The number of hydrogen-bond donors (Lipinski definition) is 1. The molecule has 4 heteroatoms. The van der Waals surface area contributed by atoms with Crippen LogP contribution in [0.3, 0.4) is 0 Å². The van der Waals surface area contributed by atoms with Crippen molar-refractivity contribution < 1.29 is 9.53 Å². The molecule has 1 atom stereocenters. The summed E-state index contributed by atoms with van der Waals surface area (Å²) in [6, 6.07) is 0.0579. The largest absolute Gasteiger partial charge is 0.385 e. The second kappa shape index (κ2) is 5.98. The van der Waals surface area contributed by atoms with Crippen LogP contribution in [0.15, 0.2) is 0 Å². The highest BCUT2D eigenvalue weighted by Crippen LogP contribution is 2.07. The molecule has 0 unspecified atom stereocenters. The zero-order chi connectivity index (χ0) is 10.4. The van der Waals surface area contributed by atoms with E-state index in [0.717, 1.165) is 39.0 Å². The fourth-order valence-corrected chi connectivity index (χ4v) is 1.72. The lowest BCUT2D eigenvalue weighted by atomic mass is 10.2. The van der Waals surface area contributed by atoms with E-state index < -0.39 is 0 Å². The van der Waals surface area contributed by atoms with Crippen LogP contribution in [0.4, 0.5) is 0 Å². The molecule has 0 bridgehead atoms. The average Bonchev–Trinajstić information content (AvgIpc) is 2.69. The maximum absolute atomic E-state index is 11.8. The maximum Gasteiger partial charge on any atom is 0.239 e. The van der Waals surface area contributed by atoms with E-state index in [4.69, 9.17) is 4.74 Å². The molecule has 1 heterocycles. The van der Waals surface area contributed by atoms with Crippen LogP contribution < -0.4 is 5.32 Å². The zero-order valence-electron chi connectivity index (χ0n) is 9.08. The first-order valence-electron chi connectivity index (χ1n) is 5.23. The van der Waals surface area contributed by atoms with E-state index in [-0.39, 0.29) is 11.9 Å². The van der Waals surface area contributed by atoms with Gasteiger partial charge in [-0.25, -0.2) is 0 Å². The van der Waals surface area contributed by atoms with Gasteiger partial charge in [0.1, 0.15) is 0 Å². The lowest BCUT2D eigenvalue weighted by Gasteiger charge is -2.20. The van der Waals surface area contributed by atoms with Crippen LogP contribution in [0.2, 0.25) is 0 Å². The minimum atomic E-state index is 0.0579. The standard InChI is InChI=1S/C10H20N2O2/c1-12(7-4-8-14-2)10(13)9-5-3-6-11-9/h9,11H,3-8H2,1-2H3/t9-/m0/s1. The number of carbonyl (C=O) groups excluding carboxylic acids is 1. The highest BCUT2D eigenvalue weighted by atomic mass is 16.5. The summed E-state index contributed by atoms with van der Waals surface area (Å²) in [5.41, 5.74) is 0. The molecule has 4 nitrogen and oxygen atoms in total. The van der Waals surface area contributed by atoms with Gasteiger partial charge in [-0.15, -0.1) is 0 Å². The predicted molar refractivity (Wildman–Crippen MR) is 55.2 cm³/mol. The van der Waals surface area contributed by atoms with Crippen molar-refractivity contribution >= 4 is 5.91 Å². The van der Waals surface area contributed by atoms with Crippen molar-refractivity contribution in [1.82, 2.24) is 10.2 Å². The van der Waals surface area contributed by atoms with Crippen molar-refractivity contribution in [3.8, 4) is 0 Å². The van der Waals surface area contributed by atoms with Gasteiger partial charge in [0.25, 0.3) is 0 Å². The second-order valence-electron chi connectivity index (χ2n) is 3.76. The summed E-state index contributed by atoms with van der Waals surface area (Å²) in [7, 11) is 3.54. The summed E-state index contributed by atoms with van der Waals surface area (Å²) in [6.45, 7) is 2.48. The molecule has 1 N–H and O–H groups in total. The third kappa shape index (κ3) is 3.27. The summed E-state index contributed by atoms with van der Waals surface area (Å²) in [5, 5.41) is 3.21. The Bertz CT molecular complexity index is 179. The number of amides is 1. The molecule has 1 fully saturated rings. The van der Waals surface area contributed by atoms with Gasteiger partial charge in [0.2, 0.25) is 5.91 Å². The average molecular weight is 200 g/mol. The Labute approximate surface area is 85.6 Å². The van der Waals surface area contributed by atoms with Crippen LogP contribution >= 0.6 is 0 Å². The number of nitrogens with zero attached hydrogens (tertiary/aromatic N) is 1. The third-order valence-electron chi connectivity index (χ3n) is 2.58. The van der Waals surface area contributed by atoms with Crippen LogP contribution in [-0.2, 0) is 9.53 Å². The molecule has 1 rings (SSSR count). The number of nitrogens with one attached hydrogen (secondary N) is 1. The van der Waals surface area contributed by atoms with Gasteiger partial charge in [-0.05, 0) is 25.8 Å². The smallest absolute Gasteiger partial charge is 0.239 e. The molecule has 1 amide bonds. The Morgan fingerprint density at radius 1 is 1.64 bits per heavy atom. The van der Waals surface area contributed by atoms with Crippen LogP contribution in [0.1, 0.15) is 19.3 Å². The Balaban J connectivity index is 2.21. The fourth-order valence-electron chi connectivity index (χ4n) is 1.72. The van der Waals surface area contributed by atoms with E-state index in [2.05, 4.69) is 5.32 Å². The Morgan fingerprint density at radius 2 is 2.43 bits per heavy atom. The first kappa shape index (κ1) is 11.5. The number of likely N-dealkylation sites (N-methyl/N-ethyl adjacent to an activating group) is 1. The molecule has 0 saturated carbocycles. The molecule has 82 valence electrons. The lowest BCUT2D eigenvalue weighted by molar-refractivity contribution is -0.131. The van der Waals surface area contributed by atoms with E-state index in [1.165, 1.54) is 0 Å². The van der Waals surface area contributed by atoms with Gasteiger partial charge in [-0.1, -0.05) is 0 Å². The second-order valence-corrected chi connectivity index (χ2v) is 3.76. The van der Waals surface area contributed by atoms with Gasteiger partial charge >= 0.3 is 0 Å². The van der Waals surface area contributed by atoms with E-state index in [0.29, 0.717) is 0 Å². The van der Waals surface area contributed by atoms with Crippen molar-refractivity contribution in [2.45, 2.75) is 25.3 Å². The zero-order valence-corrected chi connectivity index (χ0v) is 9.08. The summed E-state index contributed by atoms with van der Waals surface area (Å²) in [5.74, 6) is 0.221. The first-order valence-corrected chi connectivity index (χ1v) is 5.23. The maximum atomic E-state index is 11.8. The van der Waals surface area contributed by atoms with Gasteiger partial charge < -0.3 is 15.0 Å². The van der Waals surface area contributed by atoms with Crippen molar-refractivity contribution in [1.29, 1.82) is 0 Å². The topological polar surface area (TPSA) is 41.6 Å². The van der Waals surface area contributed by atoms with E-state index >= 15 is 0 Å². The molecule has 0 aliphatic carbocycles. The van der Waals surface area contributed by atoms with Gasteiger partial charge in [-0.2, -0.15) is 0 Å². The molecule has 14 heavy (non-hydrogen) atoms. The summed E-state index contributed by atoms with van der Waals surface area (Å²) in [6.07, 6.45) is 3.00. The van der Waals surface area contributed by atoms with Crippen LogP contribution in [0.25, 0.3) is 0 Å². The van der Waals surface area contributed by atoms with Gasteiger partial charge in [0.15, 0.2) is 0 Å². The minimum absolute atomic E-state index is 0.0579. The van der Waals surface area contributed by atoms with Gasteiger partial charge in [0.05, 0.1) is 6.04 Å². The van der Waals surface area contributed by atoms with Crippen molar-refractivity contribution in [2.24, 2.45) is 0 Å². The molecule has 0 aromatic rings. The van der Waals surface area contributed by atoms with Crippen LogP contribution in [0, 0.1) is 0 Å². The Morgan fingerprint density at radius 3 is 3.00 bits per heavy atom. The fraction of sp³-hybridized carbons (Fsp3) is 0.900. The number of hydrogen-bond acceptors (Lipinski definition) is 3. The molecule has 1 aliphatic heterocycles. The predicted octanol–water partition coefficient (Wildman–Crippen LogP) is 0.233. The summed E-state index contributed by atoms with van der Waals surface area (Å²) < 4.78 is 4.94. The van der Waals surface area contributed by atoms with E-state index in [9.17, 15) is 4.79 Å². The molecular weight excluding hydrogens is 180 g/mol. The Hall–Kier alpha value is -0.610.